The number of pyridine rings is 1. The van der Waals surface area contributed by atoms with Gasteiger partial charge in [0.05, 0.1) is 11.6 Å². The van der Waals surface area contributed by atoms with Crippen molar-refractivity contribution in [1.29, 1.82) is 10.5 Å². The first-order valence-corrected chi connectivity index (χ1v) is 6.54. The van der Waals surface area contributed by atoms with Crippen LogP contribution in [0.3, 0.4) is 0 Å². The molecule has 0 bridgehead atoms. The molecule has 0 fully saturated rings. The van der Waals surface area contributed by atoms with Gasteiger partial charge in [-0.2, -0.15) is 10.5 Å². The lowest BCUT2D eigenvalue weighted by Crippen LogP contribution is -2.05. The van der Waals surface area contributed by atoms with Crippen molar-refractivity contribution in [2.45, 2.75) is 6.54 Å². The molecule has 0 saturated heterocycles. The molecule has 0 unspecified atom stereocenters. The molecule has 0 spiro atoms. The van der Waals surface area contributed by atoms with Crippen LogP contribution in [0.25, 0.3) is 0 Å². The van der Waals surface area contributed by atoms with Crippen molar-refractivity contribution in [2.24, 2.45) is 4.99 Å². The topological polar surface area (TPSA) is 64.9 Å². The molecule has 102 valence electrons. The van der Waals surface area contributed by atoms with Crippen molar-refractivity contribution in [2.75, 3.05) is 0 Å². The van der Waals surface area contributed by atoms with E-state index >= 15 is 0 Å². The van der Waals surface area contributed by atoms with E-state index in [2.05, 4.69) is 4.99 Å². The van der Waals surface area contributed by atoms with Gasteiger partial charge >= 0.3 is 0 Å². The van der Waals surface area contributed by atoms with Crippen LogP contribution < -0.4 is 5.36 Å². The zero-order chi connectivity index (χ0) is 15.1. The number of benzene rings is 1. The number of hydrogen-bond donors (Lipinski definition) is 0. The fourth-order valence-electron chi connectivity index (χ4n) is 1.66. The molecule has 4 nitrogen and oxygen atoms in total. The summed E-state index contributed by atoms with van der Waals surface area (Å²) >= 11 is 5.85. The van der Waals surface area contributed by atoms with Crippen molar-refractivity contribution >= 4 is 11.6 Å². The fourth-order valence-corrected chi connectivity index (χ4v) is 1.79. The van der Waals surface area contributed by atoms with Gasteiger partial charge in [-0.05, 0) is 29.8 Å². The van der Waals surface area contributed by atoms with E-state index in [1.54, 1.807) is 12.1 Å². The van der Waals surface area contributed by atoms with Gasteiger partial charge in [0.1, 0.15) is 17.7 Å². The van der Waals surface area contributed by atoms with Crippen LogP contribution in [0.1, 0.15) is 5.56 Å². The maximum absolute atomic E-state index is 8.62. The third kappa shape index (κ3) is 4.35. The summed E-state index contributed by atoms with van der Waals surface area (Å²) in [5.41, 5.74) is 1.12. The molecule has 2 rings (SSSR count). The van der Waals surface area contributed by atoms with Crippen LogP contribution in [-0.2, 0) is 6.54 Å². The van der Waals surface area contributed by atoms with Crippen molar-refractivity contribution in [3.05, 3.63) is 76.5 Å². The number of rotatable bonds is 3. The average molecular weight is 295 g/mol. The minimum absolute atomic E-state index is 0.0205. The second-order valence-corrected chi connectivity index (χ2v) is 4.69. The second kappa shape index (κ2) is 7.09. The van der Waals surface area contributed by atoms with Crippen molar-refractivity contribution < 1.29 is 0 Å². The normalized spacial score (nSPS) is 9.29. The molecule has 5 heteroatoms. The Morgan fingerprint density at radius 2 is 1.71 bits per heavy atom. The third-order valence-corrected chi connectivity index (χ3v) is 2.99. The molecule has 0 radical (unpaired) electrons. The van der Waals surface area contributed by atoms with Gasteiger partial charge in [0, 0.05) is 24.0 Å². The summed E-state index contributed by atoms with van der Waals surface area (Å²) in [6, 6.07) is 14.8. The zero-order valence-corrected chi connectivity index (χ0v) is 11.8. The molecule has 0 N–H and O–H groups in total. The summed E-state index contributed by atoms with van der Waals surface area (Å²) in [7, 11) is 0. The standard InChI is InChI=1S/C16H11ClN4/c17-15-3-1-13(2-4-15)12-21-7-5-16(6-8-21)20-11-14(9-18)10-19/h1-8,11H,12H2. The minimum atomic E-state index is -0.0205. The Hall–Kier alpha value is -2.82. The van der Waals surface area contributed by atoms with Gasteiger partial charge in [-0.25, -0.2) is 0 Å². The molecule has 0 aliphatic carbocycles. The van der Waals surface area contributed by atoms with Gasteiger partial charge in [-0.1, -0.05) is 23.7 Å². The Morgan fingerprint density at radius 3 is 2.29 bits per heavy atom. The van der Waals surface area contributed by atoms with Gasteiger partial charge in [0.25, 0.3) is 0 Å². The van der Waals surface area contributed by atoms with E-state index in [1.807, 2.05) is 53.4 Å². The van der Waals surface area contributed by atoms with E-state index in [9.17, 15) is 0 Å². The van der Waals surface area contributed by atoms with Crippen LogP contribution >= 0.6 is 11.6 Å². The molecule has 1 heterocycles. The second-order valence-electron chi connectivity index (χ2n) is 4.25. The smallest absolute Gasteiger partial charge is 0.147 e. The number of nitriles is 2. The quantitative estimate of drug-likeness (QED) is 0.817. The molecular weight excluding hydrogens is 284 g/mol. The molecule has 0 aliphatic rings. The molecule has 21 heavy (non-hydrogen) atoms. The first kappa shape index (κ1) is 14.6. The van der Waals surface area contributed by atoms with Crippen molar-refractivity contribution in [3.8, 4) is 12.1 Å². The Bertz CT molecular complexity index is 765. The lowest BCUT2D eigenvalue weighted by atomic mass is 10.2. The van der Waals surface area contributed by atoms with Crippen LogP contribution in [0.5, 0.6) is 0 Å². The summed E-state index contributed by atoms with van der Waals surface area (Å²) in [6.07, 6.45) is 5.04. The van der Waals surface area contributed by atoms with Gasteiger partial charge in [0.2, 0.25) is 0 Å². The van der Waals surface area contributed by atoms with Crippen LogP contribution in [0, 0.1) is 22.7 Å². The number of hydrogen-bond acceptors (Lipinski definition) is 3. The molecule has 1 aromatic heterocycles. The van der Waals surface area contributed by atoms with E-state index in [0.29, 0.717) is 5.36 Å². The molecule has 1 aromatic carbocycles. The van der Waals surface area contributed by atoms with Gasteiger partial charge in [-0.15, -0.1) is 0 Å². The van der Waals surface area contributed by atoms with E-state index < -0.39 is 0 Å². The van der Waals surface area contributed by atoms with Gasteiger partial charge in [-0.3, -0.25) is 4.99 Å². The third-order valence-electron chi connectivity index (χ3n) is 2.74. The first-order valence-electron chi connectivity index (χ1n) is 6.16. The number of nitrogens with zero attached hydrogens (tertiary/aromatic N) is 4. The van der Waals surface area contributed by atoms with E-state index in [4.69, 9.17) is 22.1 Å². The summed E-state index contributed by atoms with van der Waals surface area (Å²) in [6.45, 7) is 0.731. The molecule has 0 amide bonds. The largest absolute Gasteiger partial charge is 0.350 e. The summed E-state index contributed by atoms with van der Waals surface area (Å²) in [5.74, 6) is 0. The van der Waals surface area contributed by atoms with Gasteiger partial charge < -0.3 is 4.57 Å². The monoisotopic (exact) mass is 294 g/mol. The van der Waals surface area contributed by atoms with Crippen LogP contribution in [0.4, 0.5) is 0 Å². The minimum Gasteiger partial charge on any atom is -0.350 e. The summed E-state index contributed by atoms with van der Waals surface area (Å²) in [4.78, 5) is 4.07. The Labute approximate surface area is 127 Å². The predicted octanol–water partition coefficient (Wildman–Crippen LogP) is 3.02. The number of halogens is 1. The number of aromatic nitrogens is 1. The van der Waals surface area contributed by atoms with E-state index in [1.165, 1.54) is 6.20 Å². The maximum Gasteiger partial charge on any atom is 0.147 e. The maximum atomic E-state index is 8.62. The van der Waals surface area contributed by atoms with Crippen LogP contribution in [-0.4, -0.2) is 4.57 Å². The highest BCUT2D eigenvalue weighted by Gasteiger charge is 1.94. The summed E-state index contributed by atoms with van der Waals surface area (Å²) < 4.78 is 2.00. The Kier molecular flexibility index (Phi) is 4.93. The Balaban J connectivity index is 2.14. The average Bonchev–Trinajstić information content (AvgIpc) is 2.52. The highest BCUT2D eigenvalue weighted by molar-refractivity contribution is 6.30. The molecule has 2 aromatic rings. The highest BCUT2D eigenvalue weighted by atomic mass is 35.5. The highest BCUT2D eigenvalue weighted by Crippen LogP contribution is 2.10. The lowest BCUT2D eigenvalue weighted by Gasteiger charge is -2.06. The SMILES string of the molecule is N#CC(C#N)=CN=c1ccn(Cc2ccc(Cl)cc2)cc1. The fraction of sp³-hybridized carbons (Fsp3) is 0.0625. The number of allylic oxidation sites excluding steroid dienone is 1. The summed E-state index contributed by atoms with van der Waals surface area (Å²) in [5, 5.41) is 18.6. The first-order chi connectivity index (χ1) is 10.2. The van der Waals surface area contributed by atoms with Crippen LogP contribution in [0.15, 0.2) is 65.6 Å². The zero-order valence-electron chi connectivity index (χ0n) is 11.1. The van der Waals surface area contributed by atoms with E-state index in [0.717, 1.165) is 17.1 Å². The Morgan fingerprint density at radius 1 is 1.10 bits per heavy atom. The molecular formula is C16H11ClN4. The van der Waals surface area contributed by atoms with Crippen molar-refractivity contribution in [1.82, 2.24) is 4.57 Å². The molecule has 0 saturated carbocycles. The molecule has 0 aliphatic heterocycles. The van der Waals surface area contributed by atoms with E-state index in [-0.39, 0.29) is 5.57 Å². The lowest BCUT2D eigenvalue weighted by molar-refractivity contribution is 0.787. The van der Waals surface area contributed by atoms with Crippen molar-refractivity contribution in [3.63, 3.8) is 0 Å². The molecule has 0 atom stereocenters. The van der Waals surface area contributed by atoms with Crippen LogP contribution in [0.2, 0.25) is 5.02 Å². The predicted molar refractivity (Wildman–Crippen MR) is 79.9 cm³/mol. The van der Waals surface area contributed by atoms with Gasteiger partial charge in [0.15, 0.2) is 0 Å².